The molecule has 1 aliphatic heterocycles. The molecule has 0 saturated carbocycles. The average Bonchev–Trinajstić information content (AvgIpc) is 2.27. The minimum atomic E-state index is 0.0773. The molecule has 1 fully saturated rings. The molecule has 0 aromatic heterocycles. The summed E-state index contributed by atoms with van der Waals surface area (Å²) in [6, 6.07) is 0. The summed E-state index contributed by atoms with van der Waals surface area (Å²) in [5.74, 6) is 0.379. The molecule has 1 rings (SSSR count). The SMILES string of the molecule is CCN1CC(CN)COCC1=O. The molecule has 0 bridgehead atoms. The van der Waals surface area contributed by atoms with Gasteiger partial charge in [0.15, 0.2) is 0 Å². The van der Waals surface area contributed by atoms with Crippen LogP contribution >= 0.6 is 0 Å². The lowest BCUT2D eigenvalue weighted by molar-refractivity contribution is -0.133. The molecule has 1 amide bonds. The number of rotatable bonds is 2. The number of ether oxygens (including phenoxy) is 1. The first-order valence-electron chi connectivity index (χ1n) is 4.33. The molecule has 1 heterocycles. The van der Waals surface area contributed by atoms with Gasteiger partial charge in [-0.3, -0.25) is 4.79 Å². The molecule has 70 valence electrons. The van der Waals surface area contributed by atoms with E-state index in [1.807, 2.05) is 6.92 Å². The molecular formula is C8H16N2O2. The minimum Gasteiger partial charge on any atom is -0.371 e. The van der Waals surface area contributed by atoms with Gasteiger partial charge in [-0.15, -0.1) is 0 Å². The van der Waals surface area contributed by atoms with Crippen molar-refractivity contribution in [2.24, 2.45) is 11.7 Å². The Morgan fingerprint density at radius 3 is 3.08 bits per heavy atom. The van der Waals surface area contributed by atoms with E-state index in [4.69, 9.17) is 10.5 Å². The highest BCUT2D eigenvalue weighted by molar-refractivity contribution is 5.77. The van der Waals surface area contributed by atoms with Crippen molar-refractivity contribution in [2.75, 3.05) is 32.8 Å². The van der Waals surface area contributed by atoms with Gasteiger partial charge >= 0.3 is 0 Å². The van der Waals surface area contributed by atoms with Gasteiger partial charge in [0.2, 0.25) is 5.91 Å². The third-order valence-corrected chi connectivity index (χ3v) is 2.13. The van der Waals surface area contributed by atoms with Gasteiger partial charge in [0.25, 0.3) is 0 Å². The summed E-state index contributed by atoms with van der Waals surface area (Å²) < 4.78 is 5.17. The largest absolute Gasteiger partial charge is 0.371 e. The van der Waals surface area contributed by atoms with Gasteiger partial charge in [0.05, 0.1) is 6.61 Å². The van der Waals surface area contributed by atoms with Crippen LogP contribution in [0, 0.1) is 5.92 Å². The number of nitrogens with zero attached hydrogens (tertiary/aromatic N) is 1. The quantitative estimate of drug-likeness (QED) is 0.607. The van der Waals surface area contributed by atoms with Gasteiger partial charge in [-0.1, -0.05) is 0 Å². The molecule has 0 aromatic rings. The normalized spacial score (nSPS) is 25.7. The average molecular weight is 172 g/mol. The number of amides is 1. The molecule has 0 spiro atoms. The standard InChI is InChI=1S/C8H16N2O2/c1-2-10-4-7(3-9)5-12-6-8(10)11/h7H,2-6,9H2,1H3. The van der Waals surface area contributed by atoms with E-state index in [0.717, 1.165) is 13.1 Å². The van der Waals surface area contributed by atoms with E-state index in [2.05, 4.69) is 0 Å². The van der Waals surface area contributed by atoms with Crippen LogP contribution < -0.4 is 5.73 Å². The number of hydrogen-bond donors (Lipinski definition) is 1. The van der Waals surface area contributed by atoms with Crippen LogP contribution in [-0.4, -0.2) is 43.7 Å². The summed E-state index contributed by atoms with van der Waals surface area (Å²) in [5, 5.41) is 0. The zero-order valence-corrected chi connectivity index (χ0v) is 7.45. The van der Waals surface area contributed by atoms with E-state index < -0.39 is 0 Å². The summed E-state index contributed by atoms with van der Waals surface area (Å²) in [6.45, 7) is 4.87. The van der Waals surface area contributed by atoms with Crippen molar-refractivity contribution in [3.05, 3.63) is 0 Å². The van der Waals surface area contributed by atoms with Crippen LogP contribution in [0.15, 0.2) is 0 Å². The van der Waals surface area contributed by atoms with E-state index in [0.29, 0.717) is 19.1 Å². The van der Waals surface area contributed by atoms with E-state index in [9.17, 15) is 4.79 Å². The molecule has 4 heteroatoms. The third kappa shape index (κ3) is 2.19. The highest BCUT2D eigenvalue weighted by Gasteiger charge is 2.21. The lowest BCUT2D eigenvalue weighted by Crippen LogP contribution is -2.36. The first kappa shape index (κ1) is 9.48. The van der Waals surface area contributed by atoms with Gasteiger partial charge in [0, 0.05) is 19.0 Å². The van der Waals surface area contributed by atoms with E-state index >= 15 is 0 Å². The predicted molar refractivity (Wildman–Crippen MR) is 45.6 cm³/mol. The Kier molecular flexibility index (Phi) is 3.49. The molecule has 4 nitrogen and oxygen atoms in total. The summed E-state index contributed by atoms with van der Waals surface area (Å²) in [4.78, 5) is 13.1. The van der Waals surface area contributed by atoms with Crippen molar-refractivity contribution in [2.45, 2.75) is 6.92 Å². The van der Waals surface area contributed by atoms with Crippen LogP contribution in [0.4, 0.5) is 0 Å². The first-order chi connectivity index (χ1) is 5.77. The van der Waals surface area contributed by atoms with Crippen LogP contribution in [0.25, 0.3) is 0 Å². The minimum absolute atomic E-state index is 0.0773. The fourth-order valence-corrected chi connectivity index (χ4v) is 1.32. The van der Waals surface area contributed by atoms with Crippen LogP contribution in [0.5, 0.6) is 0 Å². The maximum atomic E-state index is 11.3. The van der Waals surface area contributed by atoms with Crippen molar-refractivity contribution in [1.29, 1.82) is 0 Å². The highest BCUT2D eigenvalue weighted by Crippen LogP contribution is 2.05. The van der Waals surface area contributed by atoms with Gasteiger partial charge in [0.1, 0.15) is 6.61 Å². The molecule has 0 aliphatic carbocycles. The van der Waals surface area contributed by atoms with Crippen LogP contribution in [0.3, 0.4) is 0 Å². The Hall–Kier alpha value is -0.610. The zero-order chi connectivity index (χ0) is 8.97. The summed E-state index contributed by atoms with van der Waals surface area (Å²) in [5.41, 5.74) is 5.52. The van der Waals surface area contributed by atoms with Crippen LogP contribution in [0.2, 0.25) is 0 Å². The fourth-order valence-electron chi connectivity index (χ4n) is 1.32. The highest BCUT2D eigenvalue weighted by atomic mass is 16.5. The third-order valence-electron chi connectivity index (χ3n) is 2.13. The summed E-state index contributed by atoms with van der Waals surface area (Å²) in [7, 11) is 0. The van der Waals surface area contributed by atoms with E-state index in [1.54, 1.807) is 4.90 Å². The van der Waals surface area contributed by atoms with Crippen molar-refractivity contribution in [3.8, 4) is 0 Å². The maximum absolute atomic E-state index is 11.3. The number of hydrogen-bond acceptors (Lipinski definition) is 3. The molecule has 1 aliphatic rings. The summed E-state index contributed by atoms with van der Waals surface area (Å²) in [6.07, 6.45) is 0. The molecule has 1 unspecified atom stereocenters. The molecule has 2 N–H and O–H groups in total. The smallest absolute Gasteiger partial charge is 0.248 e. The van der Waals surface area contributed by atoms with Crippen LogP contribution in [0.1, 0.15) is 6.92 Å². The molecule has 12 heavy (non-hydrogen) atoms. The number of likely N-dealkylation sites (N-methyl/N-ethyl adjacent to an activating group) is 1. The monoisotopic (exact) mass is 172 g/mol. The topological polar surface area (TPSA) is 55.6 Å². The Labute approximate surface area is 72.7 Å². The molecular weight excluding hydrogens is 156 g/mol. The number of carbonyl (C=O) groups excluding carboxylic acids is 1. The van der Waals surface area contributed by atoms with E-state index in [1.165, 1.54) is 0 Å². The lowest BCUT2D eigenvalue weighted by atomic mass is 10.1. The Morgan fingerprint density at radius 2 is 2.50 bits per heavy atom. The Morgan fingerprint density at radius 1 is 1.75 bits per heavy atom. The van der Waals surface area contributed by atoms with Crippen LogP contribution in [-0.2, 0) is 9.53 Å². The zero-order valence-electron chi connectivity index (χ0n) is 7.45. The van der Waals surface area contributed by atoms with Gasteiger partial charge in [-0.05, 0) is 13.5 Å². The van der Waals surface area contributed by atoms with E-state index in [-0.39, 0.29) is 12.5 Å². The molecule has 0 radical (unpaired) electrons. The van der Waals surface area contributed by atoms with Gasteiger partial charge in [-0.25, -0.2) is 0 Å². The van der Waals surface area contributed by atoms with Gasteiger partial charge < -0.3 is 15.4 Å². The second-order valence-electron chi connectivity index (χ2n) is 3.05. The maximum Gasteiger partial charge on any atom is 0.248 e. The number of nitrogens with two attached hydrogens (primary N) is 1. The number of carbonyl (C=O) groups is 1. The molecule has 1 atom stereocenters. The van der Waals surface area contributed by atoms with Crippen molar-refractivity contribution in [3.63, 3.8) is 0 Å². The molecule has 1 saturated heterocycles. The lowest BCUT2D eigenvalue weighted by Gasteiger charge is -2.20. The van der Waals surface area contributed by atoms with Crippen molar-refractivity contribution < 1.29 is 9.53 Å². The second-order valence-corrected chi connectivity index (χ2v) is 3.05. The first-order valence-corrected chi connectivity index (χ1v) is 4.33. The second kappa shape index (κ2) is 4.42. The summed E-state index contributed by atoms with van der Waals surface area (Å²) >= 11 is 0. The fraction of sp³-hybridized carbons (Fsp3) is 0.875. The Bertz CT molecular complexity index is 161. The van der Waals surface area contributed by atoms with Gasteiger partial charge in [-0.2, -0.15) is 0 Å². The predicted octanol–water partition coefficient (Wildman–Crippen LogP) is -0.560. The van der Waals surface area contributed by atoms with Crippen molar-refractivity contribution in [1.82, 2.24) is 4.90 Å². The molecule has 0 aromatic carbocycles. The van der Waals surface area contributed by atoms with Crippen molar-refractivity contribution >= 4 is 5.91 Å². The Balaban J connectivity index is 2.52.